The summed E-state index contributed by atoms with van der Waals surface area (Å²) in [5, 5.41) is 14.6. The molecule has 0 fully saturated rings. The van der Waals surface area contributed by atoms with Crippen LogP contribution in [0.3, 0.4) is 0 Å². The first kappa shape index (κ1) is 18.0. The van der Waals surface area contributed by atoms with Crippen molar-refractivity contribution >= 4 is 22.4 Å². The van der Waals surface area contributed by atoms with E-state index in [4.69, 9.17) is 0 Å². The first-order valence-electron chi connectivity index (χ1n) is 8.71. The van der Waals surface area contributed by atoms with Crippen molar-refractivity contribution in [3.63, 3.8) is 0 Å². The van der Waals surface area contributed by atoms with Crippen molar-refractivity contribution in [1.82, 2.24) is 9.88 Å². The van der Waals surface area contributed by atoms with Crippen LogP contribution < -0.4 is 5.32 Å². The Kier molecular flexibility index (Phi) is 5.94. The third kappa shape index (κ3) is 4.45. The van der Waals surface area contributed by atoms with Crippen LogP contribution >= 0.6 is 0 Å². The van der Waals surface area contributed by atoms with Gasteiger partial charge >= 0.3 is 0 Å². The molecule has 1 amide bonds. The highest BCUT2D eigenvalue weighted by Crippen LogP contribution is 2.19. The molecule has 5 heteroatoms. The summed E-state index contributed by atoms with van der Waals surface area (Å²) < 4.78 is 0. The number of rotatable bonds is 7. The van der Waals surface area contributed by atoms with Crippen LogP contribution in [-0.2, 0) is 11.3 Å². The van der Waals surface area contributed by atoms with E-state index in [0.29, 0.717) is 13.1 Å². The lowest BCUT2D eigenvalue weighted by Crippen LogP contribution is -2.43. The van der Waals surface area contributed by atoms with Crippen LogP contribution in [0.25, 0.3) is 10.8 Å². The number of aromatic nitrogens is 1. The van der Waals surface area contributed by atoms with Crippen molar-refractivity contribution in [3.8, 4) is 0 Å². The van der Waals surface area contributed by atoms with E-state index in [1.165, 1.54) is 0 Å². The molecule has 3 rings (SSSR count). The van der Waals surface area contributed by atoms with E-state index >= 15 is 0 Å². The first-order chi connectivity index (χ1) is 12.7. The Hall–Kier alpha value is -2.76. The number of carbonyl (C=O) groups excluding carboxylic acids is 1. The zero-order valence-electron chi connectivity index (χ0n) is 14.8. The number of pyridine rings is 1. The molecule has 1 heterocycles. The Morgan fingerprint density at radius 1 is 1.15 bits per heavy atom. The standard InChI is InChI=1S/C21H23N3O2/c1-16(24(11-12-25)15-17-5-4-10-22-14-17)21(26)23-20-9-8-18-6-2-3-7-19(18)13-20/h2-10,13-14,16,25H,11-12,15H2,1H3,(H,23,26). The molecule has 0 aliphatic heterocycles. The fourth-order valence-electron chi connectivity index (χ4n) is 2.94. The number of hydrogen-bond acceptors (Lipinski definition) is 4. The third-order valence-corrected chi connectivity index (χ3v) is 4.44. The van der Waals surface area contributed by atoms with Gasteiger partial charge in [0.15, 0.2) is 0 Å². The monoisotopic (exact) mass is 349 g/mol. The molecule has 0 spiro atoms. The quantitative estimate of drug-likeness (QED) is 0.688. The Morgan fingerprint density at radius 2 is 1.96 bits per heavy atom. The van der Waals surface area contributed by atoms with E-state index in [9.17, 15) is 9.90 Å². The van der Waals surface area contributed by atoms with E-state index < -0.39 is 0 Å². The number of aliphatic hydroxyl groups excluding tert-OH is 1. The summed E-state index contributed by atoms with van der Waals surface area (Å²) in [6.07, 6.45) is 3.49. The zero-order valence-corrected chi connectivity index (χ0v) is 14.8. The summed E-state index contributed by atoms with van der Waals surface area (Å²) in [6.45, 7) is 2.82. The van der Waals surface area contributed by atoms with Crippen LogP contribution in [-0.4, -0.2) is 40.1 Å². The predicted molar refractivity (Wildman–Crippen MR) is 104 cm³/mol. The number of nitrogens with zero attached hydrogens (tertiary/aromatic N) is 2. The van der Waals surface area contributed by atoms with Crippen LogP contribution in [0.15, 0.2) is 67.0 Å². The van der Waals surface area contributed by atoms with Gasteiger partial charge in [0.05, 0.1) is 12.6 Å². The molecule has 1 aromatic heterocycles. The highest BCUT2D eigenvalue weighted by atomic mass is 16.3. The molecule has 2 aromatic carbocycles. The van der Waals surface area contributed by atoms with Gasteiger partial charge in [0.1, 0.15) is 0 Å². The van der Waals surface area contributed by atoms with E-state index in [-0.39, 0.29) is 18.6 Å². The molecular weight excluding hydrogens is 326 g/mol. The maximum Gasteiger partial charge on any atom is 0.241 e. The van der Waals surface area contributed by atoms with Gasteiger partial charge in [-0.3, -0.25) is 14.7 Å². The van der Waals surface area contributed by atoms with Gasteiger partial charge in [-0.2, -0.15) is 0 Å². The largest absolute Gasteiger partial charge is 0.395 e. The summed E-state index contributed by atoms with van der Waals surface area (Å²) in [5.74, 6) is -0.0994. The number of hydrogen-bond donors (Lipinski definition) is 2. The van der Waals surface area contributed by atoms with E-state index in [2.05, 4.69) is 10.3 Å². The molecule has 3 aromatic rings. The molecule has 0 saturated carbocycles. The average Bonchev–Trinajstić information content (AvgIpc) is 2.68. The van der Waals surface area contributed by atoms with Gasteiger partial charge in [-0.05, 0) is 41.5 Å². The molecule has 134 valence electrons. The lowest BCUT2D eigenvalue weighted by atomic mass is 10.1. The lowest BCUT2D eigenvalue weighted by molar-refractivity contribution is -0.121. The highest BCUT2D eigenvalue weighted by molar-refractivity contribution is 5.97. The van der Waals surface area contributed by atoms with E-state index in [1.807, 2.05) is 66.4 Å². The highest BCUT2D eigenvalue weighted by Gasteiger charge is 2.21. The Balaban J connectivity index is 1.71. The number of fused-ring (bicyclic) bond motifs is 1. The summed E-state index contributed by atoms with van der Waals surface area (Å²) in [7, 11) is 0. The Labute approximate surface area is 153 Å². The number of aliphatic hydroxyl groups is 1. The minimum absolute atomic E-state index is 0.00609. The molecule has 5 nitrogen and oxygen atoms in total. The predicted octanol–water partition coefficient (Wildman–Crippen LogP) is 3.06. The smallest absolute Gasteiger partial charge is 0.241 e. The van der Waals surface area contributed by atoms with Crippen molar-refractivity contribution in [1.29, 1.82) is 0 Å². The molecular formula is C21H23N3O2. The van der Waals surface area contributed by atoms with Crippen LogP contribution in [0.5, 0.6) is 0 Å². The van der Waals surface area contributed by atoms with Crippen molar-refractivity contribution < 1.29 is 9.90 Å². The number of anilines is 1. The van der Waals surface area contributed by atoms with Crippen molar-refractivity contribution in [2.75, 3.05) is 18.5 Å². The van der Waals surface area contributed by atoms with Gasteiger partial charge in [0.25, 0.3) is 0 Å². The van der Waals surface area contributed by atoms with Gasteiger partial charge in [0, 0.05) is 31.2 Å². The minimum Gasteiger partial charge on any atom is -0.395 e. The fourth-order valence-corrected chi connectivity index (χ4v) is 2.94. The van der Waals surface area contributed by atoms with Gasteiger partial charge in [-0.15, -0.1) is 0 Å². The van der Waals surface area contributed by atoms with Gasteiger partial charge < -0.3 is 10.4 Å². The second kappa shape index (κ2) is 8.56. The van der Waals surface area contributed by atoms with Crippen molar-refractivity contribution in [3.05, 3.63) is 72.6 Å². The molecule has 0 aliphatic rings. The van der Waals surface area contributed by atoms with E-state index in [0.717, 1.165) is 22.0 Å². The molecule has 1 unspecified atom stereocenters. The number of nitrogens with one attached hydrogen (secondary N) is 1. The average molecular weight is 349 g/mol. The van der Waals surface area contributed by atoms with Crippen LogP contribution in [0.1, 0.15) is 12.5 Å². The van der Waals surface area contributed by atoms with Crippen molar-refractivity contribution in [2.24, 2.45) is 0 Å². The molecule has 0 aliphatic carbocycles. The topological polar surface area (TPSA) is 65.5 Å². The first-order valence-corrected chi connectivity index (χ1v) is 8.71. The molecule has 0 radical (unpaired) electrons. The summed E-state index contributed by atoms with van der Waals surface area (Å²) >= 11 is 0. The summed E-state index contributed by atoms with van der Waals surface area (Å²) in [5.41, 5.74) is 1.78. The second-order valence-corrected chi connectivity index (χ2v) is 6.28. The maximum atomic E-state index is 12.7. The van der Waals surface area contributed by atoms with Gasteiger partial charge in [-0.25, -0.2) is 0 Å². The second-order valence-electron chi connectivity index (χ2n) is 6.28. The fraction of sp³-hybridized carbons (Fsp3) is 0.238. The Morgan fingerprint density at radius 3 is 2.69 bits per heavy atom. The number of amides is 1. The maximum absolute atomic E-state index is 12.7. The van der Waals surface area contributed by atoms with Gasteiger partial charge in [0.2, 0.25) is 5.91 Å². The van der Waals surface area contributed by atoms with Gasteiger partial charge in [-0.1, -0.05) is 36.4 Å². The SMILES string of the molecule is CC(C(=O)Nc1ccc2ccccc2c1)N(CCO)Cc1cccnc1. The van der Waals surface area contributed by atoms with Crippen LogP contribution in [0.4, 0.5) is 5.69 Å². The van der Waals surface area contributed by atoms with Crippen LogP contribution in [0.2, 0.25) is 0 Å². The lowest BCUT2D eigenvalue weighted by Gasteiger charge is -2.27. The third-order valence-electron chi connectivity index (χ3n) is 4.44. The normalized spacial score (nSPS) is 12.3. The van der Waals surface area contributed by atoms with E-state index in [1.54, 1.807) is 12.4 Å². The van der Waals surface area contributed by atoms with Crippen LogP contribution in [0, 0.1) is 0 Å². The summed E-state index contributed by atoms with van der Waals surface area (Å²) in [4.78, 5) is 18.8. The molecule has 26 heavy (non-hydrogen) atoms. The Bertz CT molecular complexity index is 867. The molecule has 2 N–H and O–H groups in total. The molecule has 0 bridgehead atoms. The molecule has 0 saturated heterocycles. The summed E-state index contributed by atoms with van der Waals surface area (Å²) in [6, 6.07) is 17.4. The number of benzene rings is 2. The minimum atomic E-state index is -0.381. The molecule has 1 atom stereocenters. The van der Waals surface area contributed by atoms with Crippen molar-refractivity contribution in [2.45, 2.75) is 19.5 Å². The number of carbonyl (C=O) groups is 1. The zero-order chi connectivity index (χ0) is 18.4.